The van der Waals surface area contributed by atoms with Gasteiger partial charge in [0.25, 0.3) is 10.0 Å². The predicted octanol–water partition coefficient (Wildman–Crippen LogP) is 5.86. The van der Waals surface area contributed by atoms with Crippen molar-refractivity contribution in [2.24, 2.45) is 7.05 Å². The number of nitrogens with one attached hydrogen (secondary N) is 1. The second-order valence-electron chi connectivity index (χ2n) is 9.16. The number of para-hydroxylation sites is 1. The second kappa shape index (κ2) is 10.4. The quantitative estimate of drug-likeness (QED) is 0.179. The topological polar surface area (TPSA) is 113 Å². The minimum Gasteiger partial charge on any atom is -0.496 e. The van der Waals surface area contributed by atoms with E-state index < -0.39 is 10.0 Å². The number of allylic oxidation sites excluding steroid dienone is 1. The fraction of sp³-hybridized carbons (Fsp3) is 0.133. The lowest BCUT2D eigenvalue weighted by Gasteiger charge is -2.17. The molecule has 0 saturated heterocycles. The van der Waals surface area contributed by atoms with E-state index in [1.54, 1.807) is 20.1 Å². The Bertz CT molecular complexity index is 1870. The molecule has 0 aliphatic carbocycles. The van der Waals surface area contributed by atoms with E-state index in [0.717, 1.165) is 22.2 Å². The number of anilines is 1. The molecule has 5 rings (SSSR count). The van der Waals surface area contributed by atoms with Crippen molar-refractivity contribution in [2.75, 3.05) is 18.9 Å². The maximum Gasteiger partial charge on any atom is 0.263 e. The number of carbonyl (C=O) groups excluding carboxylic acids is 1. The zero-order valence-corrected chi connectivity index (χ0v) is 23.2. The first kappa shape index (κ1) is 26.8. The average molecular weight is 558 g/mol. The Morgan fingerprint density at radius 1 is 0.975 bits per heavy atom. The average Bonchev–Trinajstić information content (AvgIpc) is 3.52. The molecule has 0 atom stereocenters. The third kappa shape index (κ3) is 4.85. The number of ketones is 1. The maximum atomic E-state index is 13.5. The summed E-state index contributed by atoms with van der Waals surface area (Å²) >= 11 is 0. The molecule has 0 spiro atoms. The summed E-state index contributed by atoms with van der Waals surface area (Å²) in [5.41, 5.74) is 3.66. The number of hydrogen-bond donors (Lipinski definition) is 1. The van der Waals surface area contributed by atoms with Gasteiger partial charge in [-0.3, -0.25) is 9.52 Å². The summed E-state index contributed by atoms with van der Waals surface area (Å²) in [5.74, 6) is 1.16. The van der Waals surface area contributed by atoms with E-state index in [9.17, 15) is 13.2 Å². The van der Waals surface area contributed by atoms with E-state index in [2.05, 4.69) is 27.1 Å². The highest BCUT2D eigenvalue weighted by molar-refractivity contribution is 7.92. The van der Waals surface area contributed by atoms with Crippen molar-refractivity contribution in [3.63, 3.8) is 0 Å². The Balaban J connectivity index is 1.48. The zero-order chi connectivity index (χ0) is 28.6. The van der Waals surface area contributed by atoms with Crippen LogP contribution in [0.25, 0.3) is 27.7 Å². The van der Waals surface area contributed by atoms with Crippen LogP contribution < -0.4 is 14.2 Å². The number of sulfonamides is 1. The number of methoxy groups -OCH3 is 2. The number of Topliss-reactive ketones (excluding diaryl/α,β-unsaturated/α-hetero) is 1. The normalized spacial score (nSPS) is 11.4. The molecule has 0 aliphatic rings. The van der Waals surface area contributed by atoms with E-state index in [4.69, 9.17) is 14.0 Å². The van der Waals surface area contributed by atoms with Crippen LogP contribution in [0, 0.1) is 6.92 Å². The summed E-state index contributed by atoms with van der Waals surface area (Å²) in [5, 5.41) is 4.72. The van der Waals surface area contributed by atoms with Gasteiger partial charge in [-0.25, -0.2) is 8.42 Å². The molecule has 0 unspecified atom stereocenters. The summed E-state index contributed by atoms with van der Waals surface area (Å²) in [6, 6.07) is 20.7. The van der Waals surface area contributed by atoms with Crippen LogP contribution in [0.4, 0.5) is 5.82 Å². The molecule has 1 N–H and O–H groups in total. The molecule has 40 heavy (non-hydrogen) atoms. The fourth-order valence-corrected chi connectivity index (χ4v) is 5.56. The van der Waals surface area contributed by atoms with Crippen LogP contribution in [-0.2, 0) is 17.1 Å². The van der Waals surface area contributed by atoms with Gasteiger partial charge in [-0.2, -0.15) is 0 Å². The standard InChI is InChI=1S/C30H27N3O6S/c1-18-14-29(31-39-18)32-40(35,36)22-12-10-20(11-13-22)30(34)19(2)23-16-24(28(38-5)17-27(23)37-4)26-15-21-8-6-7-9-25(21)33(26)3/h6-17H,2H2,1,3-5H3,(H,31,32). The minimum atomic E-state index is -3.93. The number of carbonyl (C=O) groups is 1. The molecule has 3 aromatic carbocycles. The van der Waals surface area contributed by atoms with Crippen molar-refractivity contribution >= 4 is 38.1 Å². The van der Waals surface area contributed by atoms with Gasteiger partial charge in [0.1, 0.15) is 17.3 Å². The van der Waals surface area contributed by atoms with Gasteiger partial charge in [-0.05, 0) is 49.4 Å². The molecular formula is C30H27N3O6S. The number of ether oxygens (including phenoxy) is 2. The molecule has 0 aliphatic heterocycles. The van der Waals surface area contributed by atoms with Gasteiger partial charge in [0.15, 0.2) is 11.6 Å². The number of hydrogen-bond acceptors (Lipinski definition) is 7. The first-order valence-corrected chi connectivity index (χ1v) is 13.7. The Kier molecular flexibility index (Phi) is 6.95. The molecule has 10 heteroatoms. The Labute approximate surface area is 231 Å². The first-order valence-electron chi connectivity index (χ1n) is 12.2. The van der Waals surface area contributed by atoms with Crippen LogP contribution in [0.3, 0.4) is 0 Å². The van der Waals surface area contributed by atoms with Crippen molar-refractivity contribution in [1.82, 2.24) is 9.72 Å². The molecule has 5 aromatic rings. The Hall–Kier alpha value is -4.83. The Morgan fingerprint density at radius 3 is 2.30 bits per heavy atom. The highest BCUT2D eigenvalue weighted by atomic mass is 32.2. The molecular weight excluding hydrogens is 530 g/mol. The molecule has 0 fully saturated rings. The molecule has 2 aromatic heterocycles. The minimum absolute atomic E-state index is 0.0320. The van der Waals surface area contributed by atoms with Gasteiger partial charge >= 0.3 is 0 Å². The lowest BCUT2D eigenvalue weighted by molar-refractivity contribution is 0.105. The van der Waals surface area contributed by atoms with Gasteiger partial charge < -0.3 is 18.6 Å². The molecule has 0 saturated carbocycles. The van der Waals surface area contributed by atoms with Crippen LogP contribution in [0.1, 0.15) is 21.7 Å². The predicted molar refractivity (Wildman–Crippen MR) is 153 cm³/mol. The van der Waals surface area contributed by atoms with Crippen molar-refractivity contribution in [2.45, 2.75) is 11.8 Å². The van der Waals surface area contributed by atoms with Crippen molar-refractivity contribution in [3.05, 3.63) is 96.3 Å². The summed E-state index contributed by atoms with van der Waals surface area (Å²) < 4.78 is 46.0. The van der Waals surface area contributed by atoms with Gasteiger partial charge in [-0.1, -0.05) is 29.9 Å². The van der Waals surface area contributed by atoms with Crippen LogP contribution >= 0.6 is 0 Å². The molecule has 0 amide bonds. The van der Waals surface area contributed by atoms with E-state index in [1.807, 2.05) is 37.4 Å². The molecule has 0 radical (unpaired) electrons. The smallest absolute Gasteiger partial charge is 0.263 e. The second-order valence-corrected chi connectivity index (χ2v) is 10.8. The third-order valence-electron chi connectivity index (χ3n) is 6.64. The lowest BCUT2D eigenvalue weighted by Crippen LogP contribution is -2.13. The SMILES string of the molecule is C=C(C(=O)c1ccc(S(=O)(=O)Nc2cc(C)on2)cc1)c1cc(-c2cc3ccccc3n2C)c(OC)cc1OC. The highest BCUT2D eigenvalue weighted by Crippen LogP contribution is 2.40. The molecule has 0 bridgehead atoms. The Morgan fingerprint density at radius 2 is 1.68 bits per heavy atom. The van der Waals surface area contributed by atoms with Crippen LogP contribution in [-0.4, -0.2) is 38.1 Å². The summed E-state index contributed by atoms with van der Waals surface area (Å²) in [6.45, 7) is 5.72. The van der Waals surface area contributed by atoms with Crippen LogP contribution in [0.15, 0.2) is 88.8 Å². The number of aryl methyl sites for hydroxylation is 2. The summed E-state index contributed by atoms with van der Waals surface area (Å²) in [6.07, 6.45) is 0. The largest absolute Gasteiger partial charge is 0.496 e. The first-order chi connectivity index (χ1) is 19.1. The maximum absolute atomic E-state index is 13.5. The third-order valence-corrected chi connectivity index (χ3v) is 8.01. The highest BCUT2D eigenvalue weighted by Gasteiger charge is 2.23. The van der Waals surface area contributed by atoms with Crippen molar-refractivity contribution in [1.29, 1.82) is 0 Å². The van der Waals surface area contributed by atoms with Gasteiger partial charge in [-0.15, -0.1) is 0 Å². The van der Waals surface area contributed by atoms with E-state index in [-0.39, 0.29) is 27.6 Å². The van der Waals surface area contributed by atoms with Crippen molar-refractivity contribution in [3.8, 4) is 22.8 Å². The fourth-order valence-electron chi connectivity index (χ4n) is 4.58. The van der Waals surface area contributed by atoms with E-state index in [1.165, 1.54) is 37.4 Å². The van der Waals surface area contributed by atoms with Gasteiger partial charge in [0.05, 0.1) is 24.8 Å². The molecule has 204 valence electrons. The number of aromatic nitrogens is 2. The van der Waals surface area contributed by atoms with Gasteiger partial charge in [0, 0.05) is 52.3 Å². The number of fused-ring (bicyclic) bond motifs is 1. The summed E-state index contributed by atoms with van der Waals surface area (Å²) in [4.78, 5) is 13.5. The lowest BCUT2D eigenvalue weighted by atomic mass is 9.94. The van der Waals surface area contributed by atoms with E-state index in [0.29, 0.717) is 22.8 Å². The van der Waals surface area contributed by atoms with Gasteiger partial charge in [0.2, 0.25) is 0 Å². The van der Waals surface area contributed by atoms with Crippen LogP contribution in [0.2, 0.25) is 0 Å². The number of rotatable bonds is 9. The van der Waals surface area contributed by atoms with Crippen molar-refractivity contribution < 1.29 is 27.2 Å². The number of benzene rings is 3. The summed E-state index contributed by atoms with van der Waals surface area (Å²) in [7, 11) is 1.13. The zero-order valence-electron chi connectivity index (χ0n) is 22.4. The monoisotopic (exact) mass is 557 g/mol. The molecule has 2 heterocycles. The molecule has 9 nitrogen and oxygen atoms in total. The van der Waals surface area contributed by atoms with Crippen LogP contribution in [0.5, 0.6) is 11.5 Å². The van der Waals surface area contributed by atoms with E-state index >= 15 is 0 Å². The number of nitrogens with zero attached hydrogens (tertiary/aromatic N) is 2.